The van der Waals surface area contributed by atoms with Gasteiger partial charge in [-0.3, -0.25) is 4.79 Å². The first kappa shape index (κ1) is 17.2. The maximum absolute atomic E-state index is 11.5. The Morgan fingerprint density at radius 2 is 1.83 bits per heavy atom. The van der Waals surface area contributed by atoms with Crippen molar-refractivity contribution in [2.45, 2.75) is 6.92 Å². The minimum absolute atomic E-state index is 0.00981. The Kier molecular flexibility index (Phi) is 7.25. The third-order valence-corrected chi connectivity index (χ3v) is 2.70. The Morgan fingerprint density at radius 3 is 2.28 bits per heavy atom. The van der Waals surface area contributed by atoms with Crippen molar-refractivity contribution >= 4 is 19.9 Å². The van der Waals surface area contributed by atoms with Crippen LogP contribution < -0.4 is 0 Å². The van der Waals surface area contributed by atoms with Crippen LogP contribution in [0.4, 0.5) is 0 Å². The van der Waals surface area contributed by atoms with Crippen LogP contribution in [-0.4, -0.2) is 61.8 Å². The summed E-state index contributed by atoms with van der Waals surface area (Å²) in [4.78, 5) is 32.0. The van der Waals surface area contributed by atoms with Crippen molar-refractivity contribution < 1.29 is 28.2 Å². The average molecular weight is 278 g/mol. The second-order valence-corrected chi connectivity index (χ2v) is 6.17. The molecule has 1 unspecified atom stereocenters. The summed E-state index contributed by atoms with van der Waals surface area (Å²) >= 11 is 0. The number of quaternary nitrogens is 1. The first-order chi connectivity index (χ1) is 8.13. The highest BCUT2D eigenvalue weighted by Gasteiger charge is 2.23. The van der Waals surface area contributed by atoms with Crippen LogP contribution in [0.5, 0.6) is 0 Å². The van der Waals surface area contributed by atoms with Crippen LogP contribution in [0, 0.1) is 0 Å². The summed E-state index contributed by atoms with van der Waals surface area (Å²) < 4.78 is 10.1. The lowest BCUT2D eigenvalue weighted by Gasteiger charge is -2.23. The van der Waals surface area contributed by atoms with Gasteiger partial charge in [0.15, 0.2) is 0 Å². The SMILES string of the molecule is C=C(C)C(=O)OCCOP(O)C(=O)C[N+](C)(C)C. The minimum Gasteiger partial charge on any atom is -0.460 e. The molecule has 0 saturated heterocycles. The lowest BCUT2D eigenvalue weighted by atomic mass is 10.4. The molecule has 0 saturated carbocycles. The highest BCUT2D eigenvalue weighted by molar-refractivity contribution is 7.65. The Labute approximate surface area is 109 Å². The van der Waals surface area contributed by atoms with E-state index in [1.165, 1.54) is 6.92 Å². The molecule has 0 aliphatic rings. The van der Waals surface area contributed by atoms with Crippen LogP contribution in [-0.2, 0) is 18.8 Å². The van der Waals surface area contributed by atoms with Gasteiger partial charge in [0.2, 0.25) is 8.38 Å². The van der Waals surface area contributed by atoms with Gasteiger partial charge in [-0.1, -0.05) is 6.58 Å². The number of hydrogen-bond donors (Lipinski definition) is 1. The van der Waals surface area contributed by atoms with Crippen molar-refractivity contribution in [2.75, 3.05) is 40.9 Å². The molecular weight excluding hydrogens is 257 g/mol. The van der Waals surface area contributed by atoms with Crippen molar-refractivity contribution in [3.05, 3.63) is 12.2 Å². The average Bonchev–Trinajstić information content (AvgIpc) is 2.20. The summed E-state index contributed by atoms with van der Waals surface area (Å²) in [5, 5.41) is 0. The molecule has 1 N–H and O–H groups in total. The molecular formula is C11H21NO5P+. The van der Waals surface area contributed by atoms with Gasteiger partial charge in [-0.2, -0.15) is 0 Å². The van der Waals surface area contributed by atoms with Gasteiger partial charge in [-0.15, -0.1) is 0 Å². The number of ether oxygens (including phenoxy) is 1. The van der Waals surface area contributed by atoms with E-state index in [1.54, 1.807) is 0 Å². The number of hydrogen-bond acceptors (Lipinski definition) is 5. The molecule has 0 heterocycles. The fraction of sp³-hybridized carbons (Fsp3) is 0.636. The second kappa shape index (κ2) is 7.59. The molecule has 104 valence electrons. The summed E-state index contributed by atoms with van der Waals surface area (Å²) in [5.74, 6) is -0.515. The van der Waals surface area contributed by atoms with Gasteiger partial charge in [0.1, 0.15) is 13.2 Å². The van der Waals surface area contributed by atoms with Crippen LogP contribution >= 0.6 is 8.38 Å². The zero-order valence-electron chi connectivity index (χ0n) is 11.3. The first-order valence-electron chi connectivity index (χ1n) is 5.41. The van der Waals surface area contributed by atoms with E-state index in [0.29, 0.717) is 10.1 Å². The van der Waals surface area contributed by atoms with E-state index >= 15 is 0 Å². The third kappa shape index (κ3) is 8.31. The van der Waals surface area contributed by atoms with Gasteiger partial charge in [-0.05, 0) is 6.92 Å². The summed E-state index contributed by atoms with van der Waals surface area (Å²) in [6.07, 6.45) is 0. The molecule has 1 atom stereocenters. The molecule has 0 amide bonds. The number of carbonyl (C=O) groups is 2. The normalized spacial score (nSPS) is 12.9. The standard InChI is InChI=1S/C11H21NO5P/c1-9(2)11(14)16-6-7-17-18(15)10(13)8-12(3,4)5/h15H,1,6-8H2,2-5H3/q+1. The first-order valence-corrected chi connectivity index (χ1v) is 6.62. The molecule has 0 radical (unpaired) electrons. The van der Waals surface area contributed by atoms with Crippen LogP contribution in [0.2, 0.25) is 0 Å². The van der Waals surface area contributed by atoms with Crippen molar-refractivity contribution in [2.24, 2.45) is 0 Å². The Bertz CT molecular complexity index is 324. The molecule has 0 rings (SSSR count). The van der Waals surface area contributed by atoms with Crippen molar-refractivity contribution in [1.82, 2.24) is 0 Å². The predicted octanol–water partition coefficient (Wildman–Crippen LogP) is 0.659. The Balaban J connectivity index is 3.84. The van der Waals surface area contributed by atoms with E-state index in [0.717, 1.165) is 0 Å². The topological polar surface area (TPSA) is 72.8 Å². The Morgan fingerprint density at radius 1 is 1.28 bits per heavy atom. The maximum atomic E-state index is 11.5. The van der Waals surface area contributed by atoms with E-state index < -0.39 is 14.3 Å². The zero-order valence-corrected chi connectivity index (χ0v) is 12.2. The fourth-order valence-corrected chi connectivity index (χ4v) is 1.86. The molecule has 0 bridgehead atoms. The van der Waals surface area contributed by atoms with Crippen LogP contribution in [0.3, 0.4) is 0 Å². The van der Waals surface area contributed by atoms with E-state index in [1.807, 2.05) is 21.1 Å². The monoisotopic (exact) mass is 278 g/mol. The van der Waals surface area contributed by atoms with Crippen molar-refractivity contribution in [1.29, 1.82) is 0 Å². The number of rotatable bonds is 8. The van der Waals surface area contributed by atoms with E-state index in [9.17, 15) is 14.5 Å². The highest BCUT2D eigenvalue weighted by Crippen LogP contribution is 2.32. The van der Waals surface area contributed by atoms with Crippen molar-refractivity contribution in [3.63, 3.8) is 0 Å². The molecule has 0 fully saturated rings. The van der Waals surface area contributed by atoms with Gasteiger partial charge in [0.05, 0.1) is 27.7 Å². The number of nitrogens with zero attached hydrogens (tertiary/aromatic N) is 1. The van der Waals surface area contributed by atoms with Gasteiger partial charge in [0, 0.05) is 5.57 Å². The minimum atomic E-state index is -2.12. The van der Waals surface area contributed by atoms with E-state index in [-0.39, 0.29) is 25.3 Å². The van der Waals surface area contributed by atoms with E-state index in [2.05, 4.69) is 6.58 Å². The van der Waals surface area contributed by atoms with Crippen LogP contribution in [0.15, 0.2) is 12.2 Å². The highest BCUT2D eigenvalue weighted by atomic mass is 31.2. The third-order valence-electron chi connectivity index (χ3n) is 1.70. The number of esters is 1. The molecule has 0 aliphatic heterocycles. The quantitative estimate of drug-likeness (QED) is 0.232. The molecule has 0 aliphatic carbocycles. The molecule has 0 spiro atoms. The summed E-state index contributed by atoms with van der Waals surface area (Å²) in [6, 6.07) is 0. The number of likely N-dealkylation sites (N-methyl/N-ethyl adjacent to an activating group) is 1. The van der Waals surface area contributed by atoms with Gasteiger partial charge >= 0.3 is 5.97 Å². The molecule has 0 aromatic heterocycles. The summed E-state index contributed by atoms with van der Waals surface area (Å²) in [7, 11) is 3.41. The van der Waals surface area contributed by atoms with Gasteiger partial charge < -0.3 is 18.6 Å². The molecule has 7 heteroatoms. The molecule has 0 aromatic carbocycles. The maximum Gasteiger partial charge on any atom is 0.333 e. The van der Waals surface area contributed by atoms with Crippen LogP contribution in [0.1, 0.15) is 6.92 Å². The Hall–Kier alpha value is -0.810. The molecule has 18 heavy (non-hydrogen) atoms. The van der Waals surface area contributed by atoms with E-state index in [4.69, 9.17) is 9.26 Å². The van der Waals surface area contributed by atoms with Gasteiger partial charge in [-0.25, -0.2) is 4.79 Å². The lowest BCUT2D eigenvalue weighted by Crippen LogP contribution is -2.39. The largest absolute Gasteiger partial charge is 0.460 e. The summed E-state index contributed by atoms with van der Waals surface area (Å²) in [6.45, 7) is 5.12. The zero-order chi connectivity index (χ0) is 14.3. The van der Waals surface area contributed by atoms with Crippen molar-refractivity contribution in [3.8, 4) is 0 Å². The predicted molar refractivity (Wildman–Crippen MR) is 68.8 cm³/mol. The smallest absolute Gasteiger partial charge is 0.333 e. The van der Waals surface area contributed by atoms with Crippen LogP contribution in [0.25, 0.3) is 0 Å². The summed E-state index contributed by atoms with van der Waals surface area (Å²) in [5.41, 5.74) is -0.0499. The second-order valence-electron chi connectivity index (χ2n) is 4.86. The fourth-order valence-electron chi connectivity index (χ4n) is 0.920. The lowest BCUT2D eigenvalue weighted by molar-refractivity contribution is -0.861. The molecule has 6 nitrogen and oxygen atoms in total. The molecule has 0 aromatic rings. The van der Waals surface area contributed by atoms with Gasteiger partial charge in [0.25, 0.3) is 5.52 Å². The number of carbonyl (C=O) groups excluding carboxylic acids is 2.